The second-order valence-corrected chi connectivity index (χ2v) is 7.67. The van der Waals surface area contributed by atoms with E-state index < -0.39 is 6.03 Å². The van der Waals surface area contributed by atoms with E-state index in [1.54, 1.807) is 11.3 Å². The molecule has 0 bridgehead atoms. The summed E-state index contributed by atoms with van der Waals surface area (Å²) in [6.45, 7) is 2.20. The minimum absolute atomic E-state index is 0.0991. The number of urea groups is 1. The molecule has 8 heteroatoms. The molecular weight excluding hydrogens is 376 g/mol. The predicted molar refractivity (Wildman–Crippen MR) is 108 cm³/mol. The third kappa shape index (κ3) is 3.86. The molecular formula is C20H18N4O3S. The Kier molecular flexibility index (Phi) is 4.79. The summed E-state index contributed by atoms with van der Waals surface area (Å²) in [5.74, 6) is -0.630. The third-order valence-electron chi connectivity index (χ3n) is 4.44. The van der Waals surface area contributed by atoms with Crippen LogP contribution in [0.25, 0.3) is 20.8 Å². The first-order chi connectivity index (χ1) is 13.5. The number of fused-ring (bicyclic) bond motifs is 1. The van der Waals surface area contributed by atoms with Crippen LogP contribution < -0.4 is 10.6 Å². The Morgan fingerprint density at radius 2 is 2.00 bits per heavy atom. The van der Waals surface area contributed by atoms with Crippen LogP contribution in [0.5, 0.6) is 0 Å². The molecule has 1 aliphatic rings. The number of anilines is 1. The summed E-state index contributed by atoms with van der Waals surface area (Å²) in [5.41, 5.74) is 3.79. The molecule has 3 aromatic rings. The largest absolute Gasteiger partial charge is 0.325 e. The van der Waals surface area contributed by atoms with E-state index in [1.165, 1.54) is 10.5 Å². The van der Waals surface area contributed by atoms with E-state index in [4.69, 9.17) is 0 Å². The standard InChI is InChI=1S/C20H18N4O3S/c1-12-2-7-15-16(10-12)28-19(22-15)13-3-5-14(6-4-13)21-18(26)11-24-9-8-17(25)23-20(24)27/h2-7,10H,8-9,11H2,1H3,(H,21,26)(H,23,25,27). The molecule has 4 amide bonds. The van der Waals surface area contributed by atoms with Crippen LogP contribution in [0.2, 0.25) is 0 Å². The molecule has 0 atom stereocenters. The number of hydrogen-bond acceptors (Lipinski definition) is 5. The predicted octanol–water partition coefficient (Wildman–Crippen LogP) is 3.15. The summed E-state index contributed by atoms with van der Waals surface area (Å²) < 4.78 is 1.14. The number of carbonyl (C=O) groups is 3. The molecule has 0 unspecified atom stereocenters. The second kappa shape index (κ2) is 7.40. The van der Waals surface area contributed by atoms with Crippen molar-refractivity contribution in [2.24, 2.45) is 0 Å². The van der Waals surface area contributed by atoms with Crippen LogP contribution in [0.3, 0.4) is 0 Å². The second-order valence-electron chi connectivity index (χ2n) is 6.64. The number of benzene rings is 2. The lowest BCUT2D eigenvalue weighted by Crippen LogP contribution is -2.51. The van der Waals surface area contributed by atoms with E-state index in [0.29, 0.717) is 5.69 Å². The normalized spacial score (nSPS) is 14.2. The number of nitrogens with one attached hydrogen (secondary N) is 2. The number of thiazole rings is 1. The van der Waals surface area contributed by atoms with Gasteiger partial charge in [-0.15, -0.1) is 11.3 Å². The van der Waals surface area contributed by atoms with Crippen molar-refractivity contribution in [2.75, 3.05) is 18.4 Å². The van der Waals surface area contributed by atoms with Gasteiger partial charge >= 0.3 is 6.03 Å². The highest BCUT2D eigenvalue weighted by Gasteiger charge is 2.24. The summed E-state index contributed by atoms with van der Waals surface area (Å²) in [7, 11) is 0. The van der Waals surface area contributed by atoms with Crippen LogP contribution in [0.1, 0.15) is 12.0 Å². The molecule has 0 saturated carbocycles. The number of nitrogens with zero attached hydrogens (tertiary/aromatic N) is 2. The number of hydrogen-bond donors (Lipinski definition) is 2. The van der Waals surface area contributed by atoms with Crippen molar-refractivity contribution in [2.45, 2.75) is 13.3 Å². The maximum atomic E-state index is 12.2. The number of rotatable bonds is 4. The van der Waals surface area contributed by atoms with E-state index in [0.717, 1.165) is 20.8 Å². The van der Waals surface area contributed by atoms with Gasteiger partial charge in [0, 0.05) is 24.2 Å². The van der Waals surface area contributed by atoms with Crippen molar-refractivity contribution in [1.82, 2.24) is 15.2 Å². The first-order valence-electron chi connectivity index (χ1n) is 8.84. The van der Waals surface area contributed by atoms with Gasteiger partial charge in [0.2, 0.25) is 11.8 Å². The molecule has 142 valence electrons. The number of amides is 4. The molecule has 0 radical (unpaired) electrons. The van der Waals surface area contributed by atoms with Gasteiger partial charge in [-0.05, 0) is 48.9 Å². The molecule has 28 heavy (non-hydrogen) atoms. The molecule has 1 aliphatic heterocycles. The molecule has 4 rings (SSSR count). The van der Waals surface area contributed by atoms with Crippen molar-refractivity contribution in [1.29, 1.82) is 0 Å². The summed E-state index contributed by atoms with van der Waals surface area (Å²) in [5, 5.41) is 5.90. The smallest absolute Gasteiger partial charge is 0.324 e. The first-order valence-corrected chi connectivity index (χ1v) is 9.66. The average Bonchev–Trinajstić information content (AvgIpc) is 3.08. The summed E-state index contributed by atoms with van der Waals surface area (Å²) >= 11 is 1.63. The third-order valence-corrected chi connectivity index (χ3v) is 5.50. The SMILES string of the molecule is Cc1ccc2nc(-c3ccc(NC(=O)CN4CCC(=O)NC4=O)cc3)sc2c1. The lowest BCUT2D eigenvalue weighted by molar-refractivity contribution is -0.123. The highest BCUT2D eigenvalue weighted by molar-refractivity contribution is 7.21. The Morgan fingerprint density at radius 1 is 1.21 bits per heavy atom. The molecule has 1 fully saturated rings. The molecule has 0 aliphatic carbocycles. The van der Waals surface area contributed by atoms with E-state index in [9.17, 15) is 14.4 Å². The van der Waals surface area contributed by atoms with Crippen LogP contribution in [-0.4, -0.2) is 40.8 Å². The lowest BCUT2D eigenvalue weighted by Gasteiger charge is -2.25. The number of carbonyl (C=O) groups excluding carboxylic acids is 3. The number of imide groups is 1. The van der Waals surface area contributed by atoms with Gasteiger partial charge in [0.05, 0.1) is 10.2 Å². The zero-order valence-corrected chi connectivity index (χ0v) is 16.0. The van der Waals surface area contributed by atoms with Gasteiger partial charge in [0.1, 0.15) is 11.6 Å². The number of aryl methyl sites for hydroxylation is 1. The van der Waals surface area contributed by atoms with Gasteiger partial charge in [0.15, 0.2) is 0 Å². The Bertz CT molecular complexity index is 1070. The van der Waals surface area contributed by atoms with Crippen LogP contribution >= 0.6 is 11.3 Å². The van der Waals surface area contributed by atoms with E-state index in [1.807, 2.05) is 36.4 Å². The summed E-state index contributed by atoms with van der Waals surface area (Å²) in [6, 6.07) is 13.1. The topological polar surface area (TPSA) is 91.4 Å². The first kappa shape index (κ1) is 18.1. The Labute approximate surface area is 165 Å². The molecule has 2 N–H and O–H groups in total. The fourth-order valence-electron chi connectivity index (χ4n) is 2.98. The number of aromatic nitrogens is 1. The van der Waals surface area contributed by atoms with Crippen molar-refractivity contribution < 1.29 is 14.4 Å². The Hall–Kier alpha value is -3.26. The van der Waals surface area contributed by atoms with Gasteiger partial charge in [-0.25, -0.2) is 9.78 Å². The minimum Gasteiger partial charge on any atom is -0.325 e. The van der Waals surface area contributed by atoms with Crippen molar-refractivity contribution in [3.05, 3.63) is 48.0 Å². The molecule has 7 nitrogen and oxygen atoms in total. The van der Waals surface area contributed by atoms with Crippen molar-refractivity contribution in [3.8, 4) is 10.6 Å². The van der Waals surface area contributed by atoms with Gasteiger partial charge < -0.3 is 10.2 Å². The highest BCUT2D eigenvalue weighted by Crippen LogP contribution is 2.31. The summed E-state index contributed by atoms with van der Waals surface area (Å²) in [4.78, 5) is 41.0. The molecule has 0 spiro atoms. The van der Waals surface area contributed by atoms with Crippen molar-refractivity contribution in [3.63, 3.8) is 0 Å². The summed E-state index contributed by atoms with van der Waals surface area (Å²) in [6.07, 6.45) is 0.204. The highest BCUT2D eigenvalue weighted by atomic mass is 32.1. The maximum absolute atomic E-state index is 12.2. The van der Waals surface area contributed by atoms with Gasteiger partial charge in [0.25, 0.3) is 0 Å². The Morgan fingerprint density at radius 3 is 2.75 bits per heavy atom. The van der Waals surface area contributed by atoms with Crippen LogP contribution in [0.4, 0.5) is 10.5 Å². The molecule has 2 heterocycles. The lowest BCUT2D eigenvalue weighted by atomic mass is 10.2. The maximum Gasteiger partial charge on any atom is 0.324 e. The minimum atomic E-state index is -0.534. The van der Waals surface area contributed by atoms with E-state index >= 15 is 0 Å². The molecule has 1 aromatic heterocycles. The Balaban J connectivity index is 1.42. The van der Waals surface area contributed by atoms with Crippen LogP contribution in [0.15, 0.2) is 42.5 Å². The zero-order valence-electron chi connectivity index (χ0n) is 15.2. The monoisotopic (exact) mass is 394 g/mol. The molecule has 2 aromatic carbocycles. The average molecular weight is 394 g/mol. The van der Waals surface area contributed by atoms with Gasteiger partial charge in [-0.1, -0.05) is 6.07 Å². The van der Waals surface area contributed by atoms with Gasteiger partial charge in [-0.3, -0.25) is 14.9 Å². The van der Waals surface area contributed by atoms with Gasteiger partial charge in [-0.2, -0.15) is 0 Å². The van der Waals surface area contributed by atoms with E-state index in [2.05, 4.69) is 28.6 Å². The fourth-order valence-corrected chi connectivity index (χ4v) is 4.04. The van der Waals surface area contributed by atoms with Crippen LogP contribution in [-0.2, 0) is 9.59 Å². The quantitative estimate of drug-likeness (QED) is 0.711. The van der Waals surface area contributed by atoms with Crippen LogP contribution in [0, 0.1) is 6.92 Å². The fraction of sp³-hybridized carbons (Fsp3) is 0.200. The van der Waals surface area contributed by atoms with Crippen molar-refractivity contribution >= 4 is 45.1 Å². The van der Waals surface area contributed by atoms with E-state index in [-0.39, 0.29) is 31.3 Å². The molecule has 1 saturated heterocycles. The zero-order chi connectivity index (χ0) is 19.7.